The number of hydrogen-bond donors (Lipinski definition) is 0. The maximum atomic E-state index is 12.1. The molecule has 1 heterocycles. The van der Waals surface area contributed by atoms with Gasteiger partial charge in [-0.1, -0.05) is 15.9 Å². The van der Waals surface area contributed by atoms with E-state index in [0.29, 0.717) is 0 Å². The first kappa shape index (κ1) is 14.1. The molecule has 5 heteroatoms. The van der Waals surface area contributed by atoms with Gasteiger partial charge in [-0.3, -0.25) is 4.90 Å². The van der Waals surface area contributed by atoms with Gasteiger partial charge >= 0.3 is 6.03 Å². The van der Waals surface area contributed by atoms with Crippen molar-refractivity contribution in [2.45, 2.75) is 19.3 Å². The van der Waals surface area contributed by atoms with E-state index in [2.05, 4.69) is 25.8 Å². The molecule has 2 amide bonds. The molecule has 4 nitrogen and oxygen atoms in total. The van der Waals surface area contributed by atoms with Gasteiger partial charge in [0.25, 0.3) is 0 Å². The monoisotopic (exact) mass is 323 g/mol. The molecule has 1 saturated heterocycles. The topological polar surface area (TPSA) is 35.9 Å². The quantitative estimate of drug-likeness (QED) is 0.792. The molecule has 0 atom stereocenters. The Hall–Kier alpha value is -1.36. The smallest absolute Gasteiger partial charge is 0.349 e. The lowest BCUT2D eigenvalue weighted by atomic mass is 10.1. The van der Waals surface area contributed by atoms with Gasteiger partial charge in [0.2, 0.25) is 0 Å². The predicted molar refractivity (Wildman–Crippen MR) is 81.9 cm³/mol. The van der Waals surface area contributed by atoms with E-state index in [9.17, 15) is 4.79 Å². The third kappa shape index (κ3) is 3.56. The van der Waals surface area contributed by atoms with Gasteiger partial charge < -0.3 is 4.90 Å². The first-order valence-electron chi connectivity index (χ1n) is 6.40. The van der Waals surface area contributed by atoms with Crippen molar-refractivity contribution in [3.05, 3.63) is 28.7 Å². The van der Waals surface area contributed by atoms with Gasteiger partial charge in [-0.25, -0.2) is 4.79 Å². The van der Waals surface area contributed by atoms with Crippen LogP contribution in [-0.2, 0) is 0 Å². The zero-order valence-corrected chi connectivity index (χ0v) is 12.9. The van der Waals surface area contributed by atoms with E-state index in [1.165, 1.54) is 6.42 Å². The SMILES string of the molecule is CN1CCCCC1=NC(=O)N(C)c1ccc(Br)cc1. The molecule has 19 heavy (non-hydrogen) atoms. The molecule has 1 aromatic rings. The molecule has 0 spiro atoms. The van der Waals surface area contributed by atoms with Crippen LogP contribution < -0.4 is 4.90 Å². The van der Waals surface area contributed by atoms with Crippen LogP contribution in [-0.4, -0.2) is 37.4 Å². The number of urea groups is 1. The minimum absolute atomic E-state index is 0.217. The number of hydrogen-bond acceptors (Lipinski definition) is 1. The zero-order valence-electron chi connectivity index (χ0n) is 11.3. The Bertz CT molecular complexity index is 484. The van der Waals surface area contributed by atoms with E-state index in [4.69, 9.17) is 0 Å². The number of aliphatic imine (C=N–C) groups is 1. The Kier molecular flexibility index (Phi) is 4.58. The van der Waals surface area contributed by atoms with Crippen molar-refractivity contribution in [2.24, 2.45) is 4.99 Å². The van der Waals surface area contributed by atoms with Crippen molar-refractivity contribution in [2.75, 3.05) is 25.5 Å². The third-order valence-corrected chi connectivity index (χ3v) is 3.84. The molecule has 102 valence electrons. The van der Waals surface area contributed by atoms with E-state index in [-0.39, 0.29) is 6.03 Å². The molecule has 0 bridgehead atoms. The van der Waals surface area contributed by atoms with Crippen LogP contribution in [0.2, 0.25) is 0 Å². The Morgan fingerprint density at radius 1 is 1.32 bits per heavy atom. The zero-order chi connectivity index (χ0) is 13.8. The third-order valence-electron chi connectivity index (χ3n) is 3.31. The largest absolute Gasteiger partial charge is 0.363 e. The highest BCUT2D eigenvalue weighted by Crippen LogP contribution is 2.18. The van der Waals surface area contributed by atoms with E-state index >= 15 is 0 Å². The van der Waals surface area contributed by atoms with Crippen molar-refractivity contribution in [1.82, 2.24) is 4.90 Å². The summed E-state index contributed by atoms with van der Waals surface area (Å²) in [6, 6.07) is 7.41. The number of carbonyl (C=O) groups is 1. The Balaban J connectivity index is 2.10. The number of nitrogens with zero attached hydrogens (tertiary/aromatic N) is 3. The summed E-state index contributed by atoms with van der Waals surface area (Å²) >= 11 is 3.38. The van der Waals surface area contributed by atoms with Crippen LogP contribution in [0.1, 0.15) is 19.3 Å². The molecule has 1 aliphatic rings. The van der Waals surface area contributed by atoms with Gasteiger partial charge in [-0.05, 0) is 37.1 Å². The van der Waals surface area contributed by atoms with Crippen LogP contribution in [0.3, 0.4) is 0 Å². The van der Waals surface area contributed by atoms with Crippen LogP contribution in [0, 0.1) is 0 Å². The number of benzene rings is 1. The molecule has 2 rings (SSSR count). The molecule has 0 aliphatic carbocycles. The Morgan fingerprint density at radius 3 is 2.63 bits per heavy atom. The van der Waals surface area contributed by atoms with Crippen molar-refractivity contribution in [1.29, 1.82) is 0 Å². The van der Waals surface area contributed by atoms with Crippen LogP contribution in [0.15, 0.2) is 33.7 Å². The normalized spacial score (nSPS) is 17.6. The molecule has 0 N–H and O–H groups in total. The molecule has 1 aliphatic heterocycles. The lowest BCUT2D eigenvalue weighted by molar-refractivity contribution is 0.254. The lowest BCUT2D eigenvalue weighted by Crippen LogP contribution is -2.34. The van der Waals surface area contributed by atoms with Crippen LogP contribution in [0.5, 0.6) is 0 Å². The highest BCUT2D eigenvalue weighted by molar-refractivity contribution is 9.10. The highest BCUT2D eigenvalue weighted by Gasteiger charge is 2.16. The van der Waals surface area contributed by atoms with Gasteiger partial charge in [-0.15, -0.1) is 0 Å². The number of halogens is 1. The second-order valence-electron chi connectivity index (χ2n) is 4.72. The van der Waals surface area contributed by atoms with E-state index in [0.717, 1.165) is 35.4 Å². The summed E-state index contributed by atoms with van der Waals surface area (Å²) in [7, 11) is 3.74. The van der Waals surface area contributed by atoms with Crippen LogP contribution >= 0.6 is 15.9 Å². The molecule has 0 radical (unpaired) electrons. The summed E-state index contributed by atoms with van der Waals surface area (Å²) in [6.07, 6.45) is 3.17. The molecule has 0 unspecified atom stereocenters. The maximum absolute atomic E-state index is 12.1. The fourth-order valence-electron chi connectivity index (χ4n) is 2.05. The number of amidine groups is 1. The van der Waals surface area contributed by atoms with E-state index in [1.54, 1.807) is 11.9 Å². The summed E-state index contributed by atoms with van der Waals surface area (Å²) in [5.74, 6) is 0.889. The number of piperidine rings is 1. The maximum Gasteiger partial charge on any atom is 0.349 e. The van der Waals surface area contributed by atoms with E-state index in [1.807, 2.05) is 31.3 Å². The highest BCUT2D eigenvalue weighted by atomic mass is 79.9. The molecular formula is C14H18BrN3O. The van der Waals surface area contributed by atoms with Crippen molar-refractivity contribution < 1.29 is 4.79 Å². The first-order chi connectivity index (χ1) is 9.08. The number of likely N-dealkylation sites (tertiary alicyclic amines) is 1. The fraction of sp³-hybridized carbons (Fsp3) is 0.429. The van der Waals surface area contributed by atoms with Crippen LogP contribution in [0.4, 0.5) is 10.5 Å². The second-order valence-corrected chi connectivity index (χ2v) is 5.64. The summed E-state index contributed by atoms with van der Waals surface area (Å²) < 4.78 is 0.996. The van der Waals surface area contributed by atoms with Crippen molar-refractivity contribution in [3.8, 4) is 0 Å². The van der Waals surface area contributed by atoms with Crippen LogP contribution in [0.25, 0.3) is 0 Å². The first-order valence-corrected chi connectivity index (χ1v) is 7.19. The minimum atomic E-state index is -0.217. The fourth-order valence-corrected chi connectivity index (χ4v) is 2.32. The second kappa shape index (κ2) is 6.19. The van der Waals surface area contributed by atoms with Gasteiger partial charge in [0.1, 0.15) is 5.84 Å². The number of rotatable bonds is 1. The predicted octanol–water partition coefficient (Wildman–Crippen LogP) is 3.52. The number of anilines is 1. The summed E-state index contributed by atoms with van der Waals surface area (Å²) in [6.45, 7) is 0.980. The lowest BCUT2D eigenvalue weighted by Gasteiger charge is -2.26. The van der Waals surface area contributed by atoms with E-state index < -0.39 is 0 Å². The minimum Gasteiger partial charge on any atom is -0.363 e. The molecule has 0 aromatic heterocycles. The average Bonchev–Trinajstić information content (AvgIpc) is 2.41. The summed E-state index contributed by atoms with van der Waals surface area (Å²) in [4.78, 5) is 20.0. The molecule has 0 saturated carbocycles. The average molecular weight is 324 g/mol. The van der Waals surface area contributed by atoms with Gasteiger partial charge in [0.15, 0.2) is 0 Å². The number of carbonyl (C=O) groups excluding carboxylic acids is 1. The number of amides is 2. The van der Waals surface area contributed by atoms with Gasteiger partial charge in [-0.2, -0.15) is 4.99 Å². The van der Waals surface area contributed by atoms with Gasteiger partial charge in [0, 0.05) is 37.2 Å². The molecule has 1 aromatic carbocycles. The Morgan fingerprint density at radius 2 is 2.00 bits per heavy atom. The van der Waals surface area contributed by atoms with Crippen molar-refractivity contribution >= 4 is 33.5 Å². The molecule has 1 fully saturated rings. The molecular weight excluding hydrogens is 306 g/mol. The van der Waals surface area contributed by atoms with Crippen molar-refractivity contribution in [3.63, 3.8) is 0 Å². The summed E-state index contributed by atoms with van der Waals surface area (Å²) in [5.41, 5.74) is 0.844. The standard InChI is InChI=1S/C14H18BrN3O/c1-17-10-4-3-5-13(17)16-14(19)18(2)12-8-6-11(15)7-9-12/h6-9H,3-5,10H2,1-2H3. The Labute approximate surface area is 122 Å². The van der Waals surface area contributed by atoms with Gasteiger partial charge in [0.05, 0.1) is 0 Å². The summed E-state index contributed by atoms with van der Waals surface area (Å²) in [5, 5.41) is 0.